The maximum Gasteiger partial charge on any atom is 0.328 e. The highest BCUT2D eigenvalue weighted by atomic mass is 16.4. The fourth-order valence-corrected chi connectivity index (χ4v) is 1.98. The standard InChI is InChI=1S/C16H16N2O2/c19-15(20)7-4-10-18-16(13-5-2-1-3-6-13)14-8-11-17-12-9-14/h1-9,11-12,16,18H,10H2,(H,19,20)/b7-4+. The van der Waals surface area contributed by atoms with Gasteiger partial charge in [0, 0.05) is 25.0 Å². The van der Waals surface area contributed by atoms with E-state index < -0.39 is 5.97 Å². The Morgan fingerprint density at radius 2 is 1.80 bits per heavy atom. The molecule has 0 aliphatic rings. The van der Waals surface area contributed by atoms with Gasteiger partial charge in [0.2, 0.25) is 0 Å². The van der Waals surface area contributed by atoms with Crippen molar-refractivity contribution < 1.29 is 9.90 Å². The molecule has 4 heteroatoms. The normalized spacial score (nSPS) is 12.4. The summed E-state index contributed by atoms with van der Waals surface area (Å²) in [6, 6.07) is 13.9. The van der Waals surface area contributed by atoms with Crippen LogP contribution in [-0.2, 0) is 4.79 Å². The average Bonchev–Trinajstić information content (AvgIpc) is 2.49. The first kappa shape index (κ1) is 14.0. The molecule has 0 saturated carbocycles. The summed E-state index contributed by atoms with van der Waals surface area (Å²) < 4.78 is 0. The monoisotopic (exact) mass is 268 g/mol. The third kappa shape index (κ3) is 4.03. The van der Waals surface area contributed by atoms with Gasteiger partial charge in [0.15, 0.2) is 0 Å². The fourth-order valence-electron chi connectivity index (χ4n) is 1.98. The van der Waals surface area contributed by atoms with Crippen LogP contribution in [0.2, 0.25) is 0 Å². The van der Waals surface area contributed by atoms with Crippen LogP contribution in [0.15, 0.2) is 67.0 Å². The molecule has 1 atom stereocenters. The second kappa shape index (κ2) is 7.21. The van der Waals surface area contributed by atoms with E-state index in [0.717, 1.165) is 17.2 Å². The number of aromatic nitrogens is 1. The Labute approximate surface area is 117 Å². The van der Waals surface area contributed by atoms with Gasteiger partial charge in [-0.15, -0.1) is 0 Å². The van der Waals surface area contributed by atoms with Crippen molar-refractivity contribution in [3.05, 3.63) is 78.1 Å². The number of benzene rings is 1. The Balaban J connectivity index is 2.15. The number of nitrogens with one attached hydrogen (secondary N) is 1. The lowest BCUT2D eigenvalue weighted by Gasteiger charge is -2.18. The Bertz CT molecular complexity index is 528. The highest BCUT2D eigenvalue weighted by Gasteiger charge is 2.11. The van der Waals surface area contributed by atoms with Crippen LogP contribution in [0, 0.1) is 0 Å². The lowest BCUT2D eigenvalue weighted by Crippen LogP contribution is -2.22. The maximum atomic E-state index is 10.5. The number of carboxylic acids is 1. The highest BCUT2D eigenvalue weighted by Crippen LogP contribution is 2.20. The van der Waals surface area contributed by atoms with Crippen molar-refractivity contribution in [2.75, 3.05) is 6.54 Å². The van der Waals surface area contributed by atoms with Crippen LogP contribution in [-0.4, -0.2) is 22.6 Å². The first-order valence-electron chi connectivity index (χ1n) is 6.35. The zero-order valence-corrected chi connectivity index (χ0v) is 10.9. The van der Waals surface area contributed by atoms with E-state index in [1.165, 1.54) is 0 Å². The quantitative estimate of drug-likeness (QED) is 0.790. The minimum Gasteiger partial charge on any atom is -0.478 e. The van der Waals surface area contributed by atoms with Crippen LogP contribution >= 0.6 is 0 Å². The molecule has 2 rings (SSSR count). The predicted molar refractivity (Wildman–Crippen MR) is 77.3 cm³/mol. The molecule has 0 amide bonds. The predicted octanol–water partition coefficient (Wildman–Crippen LogP) is 2.40. The molecule has 0 fully saturated rings. The lowest BCUT2D eigenvalue weighted by molar-refractivity contribution is -0.131. The molecule has 20 heavy (non-hydrogen) atoms. The minimum atomic E-state index is -0.938. The molecule has 0 aliphatic carbocycles. The molecule has 0 bridgehead atoms. The summed E-state index contributed by atoms with van der Waals surface area (Å²) >= 11 is 0. The molecule has 1 heterocycles. The van der Waals surface area contributed by atoms with Crippen LogP contribution in [0.4, 0.5) is 0 Å². The largest absolute Gasteiger partial charge is 0.478 e. The zero-order valence-electron chi connectivity index (χ0n) is 10.9. The molecule has 0 radical (unpaired) electrons. The second-order valence-electron chi connectivity index (χ2n) is 4.27. The summed E-state index contributed by atoms with van der Waals surface area (Å²) in [7, 11) is 0. The van der Waals surface area contributed by atoms with E-state index in [2.05, 4.69) is 10.3 Å². The van der Waals surface area contributed by atoms with Gasteiger partial charge in [0.25, 0.3) is 0 Å². The van der Waals surface area contributed by atoms with Crippen LogP contribution in [0.5, 0.6) is 0 Å². The van der Waals surface area contributed by atoms with E-state index in [9.17, 15) is 4.79 Å². The Morgan fingerprint density at radius 1 is 1.15 bits per heavy atom. The Hall–Kier alpha value is -2.46. The molecular weight excluding hydrogens is 252 g/mol. The smallest absolute Gasteiger partial charge is 0.328 e. The molecule has 0 aliphatic heterocycles. The van der Waals surface area contributed by atoms with Crippen molar-refractivity contribution in [2.24, 2.45) is 0 Å². The van der Waals surface area contributed by atoms with Crippen molar-refractivity contribution in [1.82, 2.24) is 10.3 Å². The maximum absolute atomic E-state index is 10.5. The van der Waals surface area contributed by atoms with Crippen molar-refractivity contribution in [2.45, 2.75) is 6.04 Å². The third-order valence-electron chi connectivity index (χ3n) is 2.87. The SMILES string of the molecule is O=C(O)/C=C/CNC(c1ccccc1)c1ccncc1. The van der Waals surface area contributed by atoms with E-state index >= 15 is 0 Å². The van der Waals surface area contributed by atoms with Gasteiger partial charge in [0.05, 0.1) is 6.04 Å². The lowest BCUT2D eigenvalue weighted by atomic mass is 10.00. The summed E-state index contributed by atoms with van der Waals surface area (Å²) in [5.74, 6) is -0.938. The molecule has 2 aromatic rings. The summed E-state index contributed by atoms with van der Waals surface area (Å²) in [5.41, 5.74) is 2.22. The first-order chi connectivity index (χ1) is 9.77. The molecule has 0 spiro atoms. The summed E-state index contributed by atoms with van der Waals surface area (Å²) in [4.78, 5) is 14.5. The van der Waals surface area contributed by atoms with E-state index in [1.54, 1.807) is 18.5 Å². The van der Waals surface area contributed by atoms with Crippen molar-refractivity contribution in [3.8, 4) is 0 Å². The number of pyridine rings is 1. The number of carboxylic acid groups (broad SMARTS) is 1. The zero-order chi connectivity index (χ0) is 14.2. The van der Waals surface area contributed by atoms with E-state index in [4.69, 9.17) is 5.11 Å². The third-order valence-corrected chi connectivity index (χ3v) is 2.87. The second-order valence-corrected chi connectivity index (χ2v) is 4.27. The molecular formula is C16H16N2O2. The van der Waals surface area contributed by atoms with Crippen LogP contribution in [0.3, 0.4) is 0 Å². The van der Waals surface area contributed by atoms with Crippen LogP contribution in [0.1, 0.15) is 17.2 Å². The van der Waals surface area contributed by atoms with E-state index in [0.29, 0.717) is 6.54 Å². The van der Waals surface area contributed by atoms with E-state index in [1.807, 2.05) is 42.5 Å². The van der Waals surface area contributed by atoms with Gasteiger partial charge < -0.3 is 10.4 Å². The first-order valence-corrected chi connectivity index (χ1v) is 6.35. The topological polar surface area (TPSA) is 62.2 Å². The number of nitrogens with zero attached hydrogens (tertiary/aromatic N) is 1. The van der Waals surface area contributed by atoms with Gasteiger partial charge in [-0.05, 0) is 23.3 Å². The highest BCUT2D eigenvalue weighted by molar-refractivity contribution is 5.79. The number of aliphatic carboxylic acids is 1. The van der Waals surface area contributed by atoms with Crippen molar-refractivity contribution in [3.63, 3.8) is 0 Å². The van der Waals surface area contributed by atoms with Gasteiger partial charge in [-0.25, -0.2) is 4.79 Å². The number of carbonyl (C=O) groups is 1. The molecule has 1 aromatic carbocycles. The summed E-state index contributed by atoms with van der Waals surface area (Å²) in [6.45, 7) is 0.480. The summed E-state index contributed by atoms with van der Waals surface area (Å²) in [5, 5.41) is 11.9. The average molecular weight is 268 g/mol. The van der Waals surface area contributed by atoms with Crippen molar-refractivity contribution in [1.29, 1.82) is 0 Å². The number of hydrogen-bond donors (Lipinski definition) is 2. The van der Waals surface area contributed by atoms with Gasteiger partial charge >= 0.3 is 5.97 Å². The van der Waals surface area contributed by atoms with Crippen LogP contribution in [0.25, 0.3) is 0 Å². The Morgan fingerprint density at radius 3 is 2.45 bits per heavy atom. The van der Waals surface area contributed by atoms with Gasteiger partial charge in [-0.2, -0.15) is 0 Å². The molecule has 2 N–H and O–H groups in total. The summed E-state index contributed by atoms with van der Waals surface area (Å²) in [6.07, 6.45) is 6.24. The van der Waals surface area contributed by atoms with Gasteiger partial charge in [0.1, 0.15) is 0 Å². The number of hydrogen-bond acceptors (Lipinski definition) is 3. The molecule has 1 unspecified atom stereocenters. The van der Waals surface area contributed by atoms with Crippen LogP contribution < -0.4 is 5.32 Å². The van der Waals surface area contributed by atoms with Gasteiger partial charge in [-0.3, -0.25) is 4.98 Å². The molecule has 102 valence electrons. The van der Waals surface area contributed by atoms with E-state index in [-0.39, 0.29) is 6.04 Å². The minimum absolute atomic E-state index is 0.0117. The molecule has 0 saturated heterocycles. The van der Waals surface area contributed by atoms with Gasteiger partial charge in [-0.1, -0.05) is 36.4 Å². The van der Waals surface area contributed by atoms with Crippen molar-refractivity contribution >= 4 is 5.97 Å². The molecule has 4 nitrogen and oxygen atoms in total. The fraction of sp³-hybridized carbons (Fsp3) is 0.125. The number of rotatable bonds is 6. The Kier molecular flexibility index (Phi) is 5.03. The molecule has 1 aromatic heterocycles.